The zero-order valence-corrected chi connectivity index (χ0v) is 76.0. The standard InChI is InChI=1S/C32H58N4O11S.C30H52N4O12.C12H22O7.C7H16O4.CH4/c1-6-24(22-37)47-30(43-5)23-46-29(41)10-7-9-26(38)34-14-13-33-12-8-17-44-19-20-45-18-15-35-27(39)11-16-36-28(40)21-25(31(36)42)48-32(2,3)4;1-5-23(19-35)46-28(42-4)20-45-27(39)8-6-7-24(36)31-11-12-32-26(38)10-15-43-17-18-44-16-13-33-25(37)9-14-34-29(40)21(2)22(3)30(34)41;1-3-9(7-13)19-12(17-2)8-18-11(16)6-4-5-10(14)15;1-3-6(4-8)11-7(5-9)10-2;/h24-25,30,33,37H,6-23H2,1-5H3,(H,34,38)(H,35,39);21-23,28,35H,5-20H2,1-4H3,(H,31,36)(H,32,38)(H,33,37);9,12-13H,3-8H2,1-2H3,(H,14,15);6-9H,3-5H2,1-2H3;1H4. The van der Waals surface area contributed by atoms with Gasteiger partial charge in [-0.05, 0) is 57.9 Å². The highest BCUT2D eigenvalue weighted by Gasteiger charge is 2.43. The Bertz CT molecular complexity index is 2880. The van der Waals surface area contributed by atoms with Gasteiger partial charge in [0.15, 0.2) is 25.2 Å². The number of aliphatic carboxylic acids is 1. The lowest BCUT2D eigenvalue weighted by molar-refractivity contribution is -0.194. The Labute approximate surface area is 741 Å². The van der Waals surface area contributed by atoms with Gasteiger partial charge >= 0.3 is 23.9 Å². The second-order valence-corrected chi connectivity index (χ2v) is 31.0. The zero-order chi connectivity index (χ0) is 93.5. The van der Waals surface area contributed by atoms with Crippen LogP contribution in [0.2, 0.25) is 0 Å². The second-order valence-electron chi connectivity index (χ2n) is 29.0. The van der Waals surface area contributed by atoms with Crippen LogP contribution in [-0.2, 0) is 133 Å². The van der Waals surface area contributed by atoms with Crippen LogP contribution in [0.1, 0.15) is 185 Å². The SMILES string of the molecule is C.CCC(CO)OC(CO)OC.CCC(CO)OC(COC(=O)CCCC(=O)NCCNC(=O)CCOCCOCCNC(=O)CCN1C(=O)C(C)C(C)C1=O)OC.CCC(CO)OC(COC(=O)CCCC(=O)NCCNCCCOCCOCCNC(=O)CCN1C(=O)CC(SC(C)(C)C)C1=O)OC.CCC(CO)OC(COC(=O)CCCC(=O)O)OC. The van der Waals surface area contributed by atoms with Gasteiger partial charge in [-0.1, -0.05) is 69.7 Å². The maximum absolute atomic E-state index is 12.5. The number of rotatable bonds is 71. The van der Waals surface area contributed by atoms with Crippen molar-refractivity contribution in [2.24, 2.45) is 11.8 Å². The molecule has 9 amide bonds. The molecule has 0 aromatic rings. The Kier molecular flexibility index (Phi) is 76.5. The van der Waals surface area contributed by atoms with E-state index < -0.39 is 55.1 Å². The molecule has 0 spiro atoms. The number of hydrogen-bond acceptors (Lipinski definition) is 35. The summed E-state index contributed by atoms with van der Waals surface area (Å²) in [6.45, 7) is 21.7. The molecule has 2 rings (SSSR count). The van der Waals surface area contributed by atoms with E-state index in [1.807, 2.05) is 48.5 Å². The summed E-state index contributed by atoms with van der Waals surface area (Å²) in [5.74, 6) is -5.17. The van der Waals surface area contributed by atoms with Gasteiger partial charge in [-0.2, -0.15) is 0 Å². The minimum Gasteiger partial charge on any atom is -0.481 e. The zero-order valence-electron chi connectivity index (χ0n) is 75.2. The fourth-order valence-electron chi connectivity index (χ4n) is 10.4. The molecular formula is C82H152N8O34S. The molecule has 125 heavy (non-hydrogen) atoms. The van der Waals surface area contributed by atoms with Crippen LogP contribution in [-0.4, -0.2) is 370 Å². The van der Waals surface area contributed by atoms with Crippen LogP contribution in [0.25, 0.3) is 0 Å². The van der Waals surface area contributed by atoms with E-state index in [9.17, 15) is 72.5 Å². The smallest absolute Gasteiger partial charge is 0.305 e. The van der Waals surface area contributed by atoms with Crippen molar-refractivity contribution in [3.8, 4) is 0 Å². The fourth-order valence-corrected chi connectivity index (χ4v) is 11.7. The first kappa shape index (κ1) is 122. The number of nitrogens with zero attached hydrogens (tertiary/aromatic N) is 2. The number of hydrogen-bond donors (Lipinski definition) is 12. The third-order valence-corrected chi connectivity index (χ3v) is 19.3. The quantitative estimate of drug-likeness (QED) is 0.0132. The molecule has 0 bridgehead atoms. The average molecular weight is 1830 g/mol. The average Bonchev–Trinajstić information content (AvgIpc) is 1.68. The number of nitrogens with one attached hydrogen (secondary N) is 6. The molecule has 43 heteroatoms. The molecular weight excluding hydrogens is 1670 g/mol. The van der Waals surface area contributed by atoms with Crippen LogP contribution in [0.15, 0.2) is 0 Å². The first-order valence-corrected chi connectivity index (χ1v) is 43.3. The first-order valence-electron chi connectivity index (χ1n) is 42.4. The topological polar surface area (TPSA) is 560 Å². The Morgan fingerprint density at radius 1 is 0.400 bits per heavy atom. The fraction of sp³-hybridized carbons (Fsp3) is 0.841. The number of carboxylic acids is 1. The molecule has 0 aromatic heterocycles. The minimum absolute atomic E-state index is 0. The van der Waals surface area contributed by atoms with Crippen molar-refractivity contribution in [3.63, 3.8) is 0 Å². The first-order chi connectivity index (χ1) is 59.2. The number of thioether (sulfide) groups is 1. The molecule has 11 atom stereocenters. The number of methoxy groups -OCH3 is 4. The summed E-state index contributed by atoms with van der Waals surface area (Å²) >= 11 is 1.48. The molecule has 2 saturated heterocycles. The van der Waals surface area contributed by atoms with E-state index in [1.165, 1.54) is 45.1 Å². The highest BCUT2D eigenvalue weighted by molar-refractivity contribution is 8.01. The van der Waals surface area contributed by atoms with E-state index in [-0.39, 0.29) is 283 Å². The van der Waals surface area contributed by atoms with Crippen molar-refractivity contribution < 1.29 is 164 Å². The number of aliphatic hydroxyl groups excluding tert-OH is 5. The summed E-state index contributed by atoms with van der Waals surface area (Å²) in [5, 5.41) is 69.5. The lowest BCUT2D eigenvalue weighted by Crippen LogP contribution is -2.36. The monoisotopic (exact) mass is 1830 g/mol. The van der Waals surface area contributed by atoms with Gasteiger partial charge in [-0.3, -0.25) is 72.1 Å². The molecule has 2 heterocycles. The van der Waals surface area contributed by atoms with Gasteiger partial charge in [-0.15, -0.1) is 11.8 Å². The number of carboxylic acid groups (broad SMARTS) is 1. The summed E-state index contributed by atoms with van der Waals surface area (Å²) in [6, 6.07) is 0. The molecule has 2 fully saturated rings. The minimum atomic E-state index is -0.945. The van der Waals surface area contributed by atoms with E-state index >= 15 is 0 Å². The highest BCUT2D eigenvalue weighted by Crippen LogP contribution is 2.35. The maximum Gasteiger partial charge on any atom is 0.305 e. The van der Waals surface area contributed by atoms with E-state index in [1.54, 1.807) is 13.8 Å². The number of esters is 3. The van der Waals surface area contributed by atoms with Gasteiger partial charge in [0.25, 0.3) is 0 Å². The van der Waals surface area contributed by atoms with Crippen LogP contribution in [0.4, 0.5) is 0 Å². The number of likely N-dealkylation sites (tertiary alicyclic amines) is 2. The molecule has 42 nitrogen and oxygen atoms in total. The van der Waals surface area contributed by atoms with Gasteiger partial charge in [0.1, 0.15) is 19.8 Å². The van der Waals surface area contributed by atoms with Crippen molar-refractivity contribution in [3.05, 3.63) is 0 Å². The van der Waals surface area contributed by atoms with Crippen molar-refractivity contribution in [1.29, 1.82) is 0 Å². The third kappa shape index (κ3) is 64.5. The molecule has 730 valence electrons. The summed E-state index contributed by atoms with van der Waals surface area (Å²) < 4.78 is 78.1. The molecule has 11 unspecified atom stereocenters. The lowest BCUT2D eigenvalue weighted by atomic mass is 10.00. The van der Waals surface area contributed by atoms with E-state index in [0.29, 0.717) is 84.6 Å². The van der Waals surface area contributed by atoms with Crippen LogP contribution in [0, 0.1) is 11.8 Å². The van der Waals surface area contributed by atoms with Gasteiger partial charge in [0.05, 0.1) is 109 Å². The van der Waals surface area contributed by atoms with Gasteiger partial charge in [0.2, 0.25) is 53.2 Å². The molecule has 0 aliphatic carbocycles. The summed E-state index contributed by atoms with van der Waals surface area (Å²) in [4.78, 5) is 156. The van der Waals surface area contributed by atoms with Gasteiger partial charge in [0, 0.05) is 168 Å². The van der Waals surface area contributed by atoms with E-state index in [2.05, 4.69) is 31.9 Å². The number of amides is 9. The Morgan fingerprint density at radius 2 is 0.736 bits per heavy atom. The lowest BCUT2D eigenvalue weighted by Gasteiger charge is -2.21. The van der Waals surface area contributed by atoms with Crippen LogP contribution in [0.3, 0.4) is 0 Å². The molecule has 0 radical (unpaired) electrons. The predicted octanol–water partition coefficient (Wildman–Crippen LogP) is 0.937. The van der Waals surface area contributed by atoms with Crippen LogP contribution >= 0.6 is 11.8 Å². The maximum atomic E-state index is 12.5. The number of imide groups is 2. The second kappa shape index (κ2) is 78.2. The van der Waals surface area contributed by atoms with Crippen molar-refractivity contribution >= 4 is 88.8 Å². The molecule has 2 aliphatic heterocycles. The molecule has 12 N–H and O–H groups in total. The predicted molar refractivity (Wildman–Crippen MR) is 455 cm³/mol. The Hall–Kier alpha value is -6.86. The highest BCUT2D eigenvalue weighted by atomic mass is 32.2. The summed E-state index contributed by atoms with van der Waals surface area (Å²) in [5.41, 5.74) is 0. The summed E-state index contributed by atoms with van der Waals surface area (Å²) in [6.07, 6.45) is 0.770. The Morgan fingerprint density at radius 3 is 1.10 bits per heavy atom. The number of carbonyl (C=O) groups is 13. The van der Waals surface area contributed by atoms with Crippen molar-refractivity contribution in [1.82, 2.24) is 41.7 Å². The number of carbonyl (C=O) groups excluding carboxylic acids is 12. The largest absolute Gasteiger partial charge is 0.481 e. The van der Waals surface area contributed by atoms with E-state index in [0.717, 1.165) is 17.9 Å². The van der Waals surface area contributed by atoms with Crippen LogP contribution < -0.4 is 31.9 Å². The Balaban J connectivity index is -0.00000179. The number of ether oxygens (including phenoxy) is 15. The number of aliphatic hydroxyl groups is 5. The molecule has 0 saturated carbocycles. The molecule has 2 aliphatic rings. The van der Waals surface area contributed by atoms with Crippen LogP contribution in [0.5, 0.6) is 0 Å². The van der Waals surface area contributed by atoms with E-state index in [4.69, 9.17) is 91.5 Å². The van der Waals surface area contributed by atoms with Gasteiger partial charge < -0.3 is 134 Å². The normalized spacial score (nSPS) is 16.2. The third-order valence-electron chi connectivity index (χ3n) is 18.0. The van der Waals surface area contributed by atoms with Crippen molar-refractivity contribution in [2.75, 3.05) is 193 Å². The van der Waals surface area contributed by atoms with Crippen molar-refractivity contribution in [2.45, 2.75) is 245 Å². The summed E-state index contributed by atoms with van der Waals surface area (Å²) in [7, 11) is 5.70. The van der Waals surface area contributed by atoms with Gasteiger partial charge in [-0.25, -0.2) is 0 Å². The molecule has 0 aromatic carbocycles.